The van der Waals surface area contributed by atoms with E-state index in [-0.39, 0.29) is 23.6 Å². The lowest BCUT2D eigenvalue weighted by Gasteiger charge is -2.23. The van der Waals surface area contributed by atoms with Crippen molar-refractivity contribution in [1.29, 1.82) is 0 Å². The van der Waals surface area contributed by atoms with Crippen LogP contribution in [-0.4, -0.2) is 23.2 Å². The summed E-state index contributed by atoms with van der Waals surface area (Å²) < 4.78 is 20.0. The van der Waals surface area contributed by atoms with E-state index in [1.54, 1.807) is 12.1 Å². The van der Waals surface area contributed by atoms with Crippen LogP contribution in [0.2, 0.25) is 0 Å². The first-order chi connectivity index (χ1) is 11.8. The van der Waals surface area contributed by atoms with Gasteiger partial charge in [0.25, 0.3) is 0 Å². The van der Waals surface area contributed by atoms with E-state index in [2.05, 4.69) is 0 Å². The van der Waals surface area contributed by atoms with Gasteiger partial charge in [-0.05, 0) is 42.3 Å². The minimum atomic E-state index is -0.703. The maximum atomic E-state index is 14.3. The van der Waals surface area contributed by atoms with Crippen LogP contribution in [0, 0.1) is 5.82 Å². The number of hydrogen-bond donors (Lipinski definition) is 3. The number of carbonyl (C=O) groups excluding carboxylic acids is 1. The molecule has 7 nitrogen and oxygen atoms in total. The molecule has 25 heavy (non-hydrogen) atoms. The molecule has 134 valence electrons. The van der Waals surface area contributed by atoms with Crippen LogP contribution in [0.25, 0.3) is 0 Å². The maximum absolute atomic E-state index is 14.3. The molecule has 0 bridgehead atoms. The first-order valence-electron chi connectivity index (χ1n) is 7.64. The standard InChI is InChI=1S/C17H21FN4O3/c1-3-11-9-12(23)7-8-16(11)25-10-13-14(18)5-4-6-15(13)22(20)17(24)21(2)19/h4-9,23H,3,10,19-20H2,1-2H3. The van der Waals surface area contributed by atoms with Crippen LogP contribution >= 0.6 is 0 Å². The normalized spacial score (nSPS) is 10.4. The molecule has 0 aliphatic heterocycles. The largest absolute Gasteiger partial charge is 0.508 e. The van der Waals surface area contributed by atoms with Gasteiger partial charge in [0.2, 0.25) is 0 Å². The van der Waals surface area contributed by atoms with Crippen LogP contribution < -0.4 is 21.4 Å². The van der Waals surface area contributed by atoms with Crippen molar-refractivity contribution >= 4 is 11.7 Å². The van der Waals surface area contributed by atoms with Crippen LogP contribution in [0.1, 0.15) is 18.1 Å². The lowest BCUT2D eigenvalue weighted by atomic mass is 10.1. The summed E-state index contributed by atoms with van der Waals surface area (Å²) in [7, 11) is 1.33. The Bertz CT molecular complexity index is 768. The fraction of sp³-hybridized carbons (Fsp3) is 0.235. The zero-order valence-corrected chi connectivity index (χ0v) is 14.1. The van der Waals surface area contributed by atoms with Gasteiger partial charge >= 0.3 is 6.03 Å². The molecule has 0 saturated carbocycles. The molecule has 2 rings (SSSR count). The summed E-state index contributed by atoms with van der Waals surface area (Å²) >= 11 is 0. The number of nitrogens with two attached hydrogens (primary N) is 2. The number of ether oxygens (including phenoxy) is 1. The van der Waals surface area contributed by atoms with E-state index < -0.39 is 11.8 Å². The molecule has 2 aromatic carbocycles. The molecule has 2 aromatic rings. The first kappa shape index (κ1) is 18.5. The van der Waals surface area contributed by atoms with E-state index in [0.29, 0.717) is 12.2 Å². The van der Waals surface area contributed by atoms with Crippen LogP contribution in [0.5, 0.6) is 11.5 Å². The Labute approximate surface area is 145 Å². The van der Waals surface area contributed by atoms with Gasteiger partial charge in [0, 0.05) is 7.05 Å². The fourth-order valence-corrected chi connectivity index (χ4v) is 2.32. The maximum Gasteiger partial charge on any atom is 0.352 e. The molecule has 0 aromatic heterocycles. The highest BCUT2D eigenvalue weighted by molar-refractivity contribution is 5.91. The van der Waals surface area contributed by atoms with Gasteiger partial charge in [0.15, 0.2) is 0 Å². The van der Waals surface area contributed by atoms with Gasteiger partial charge in [-0.1, -0.05) is 13.0 Å². The quantitative estimate of drug-likeness (QED) is 0.437. The molecular weight excluding hydrogens is 327 g/mol. The SMILES string of the molecule is CCc1cc(O)ccc1OCc1c(F)cccc1N(N)C(=O)N(C)N. The number of rotatable bonds is 5. The Morgan fingerprint density at radius 1 is 1.28 bits per heavy atom. The third kappa shape index (κ3) is 4.17. The van der Waals surface area contributed by atoms with Crippen LogP contribution in [0.15, 0.2) is 36.4 Å². The van der Waals surface area contributed by atoms with E-state index in [1.807, 2.05) is 6.92 Å². The smallest absolute Gasteiger partial charge is 0.352 e. The summed E-state index contributed by atoms with van der Waals surface area (Å²) in [5, 5.41) is 11.1. The molecule has 0 heterocycles. The lowest BCUT2D eigenvalue weighted by molar-refractivity contribution is 0.216. The fourth-order valence-electron chi connectivity index (χ4n) is 2.32. The van der Waals surface area contributed by atoms with E-state index in [1.165, 1.54) is 31.3 Å². The number of benzene rings is 2. The van der Waals surface area contributed by atoms with Crippen molar-refractivity contribution in [3.05, 3.63) is 53.3 Å². The zero-order chi connectivity index (χ0) is 18.6. The second kappa shape index (κ2) is 7.82. The van der Waals surface area contributed by atoms with Gasteiger partial charge in [-0.15, -0.1) is 0 Å². The number of urea groups is 1. The van der Waals surface area contributed by atoms with Crippen molar-refractivity contribution in [2.24, 2.45) is 11.7 Å². The second-order valence-corrected chi connectivity index (χ2v) is 5.44. The van der Waals surface area contributed by atoms with E-state index in [0.717, 1.165) is 15.6 Å². The molecule has 0 aliphatic carbocycles. The van der Waals surface area contributed by atoms with Crippen molar-refractivity contribution in [1.82, 2.24) is 5.01 Å². The highest BCUT2D eigenvalue weighted by Gasteiger charge is 2.20. The third-order valence-electron chi connectivity index (χ3n) is 3.66. The Hall–Kier alpha value is -2.84. The van der Waals surface area contributed by atoms with Crippen LogP contribution in [0.4, 0.5) is 14.9 Å². The second-order valence-electron chi connectivity index (χ2n) is 5.44. The molecule has 0 aliphatic rings. The molecular formula is C17H21FN4O3. The number of aromatic hydroxyl groups is 1. The number of hydrogen-bond acceptors (Lipinski definition) is 5. The van der Waals surface area contributed by atoms with E-state index in [4.69, 9.17) is 16.4 Å². The predicted molar refractivity (Wildman–Crippen MR) is 92.2 cm³/mol. The summed E-state index contributed by atoms with van der Waals surface area (Å²) in [5.41, 5.74) is 1.05. The number of aryl methyl sites for hydroxylation is 1. The number of hydrazine groups is 2. The highest BCUT2D eigenvalue weighted by Crippen LogP contribution is 2.28. The van der Waals surface area contributed by atoms with Gasteiger partial charge in [-0.3, -0.25) is 5.01 Å². The van der Waals surface area contributed by atoms with Gasteiger partial charge in [-0.25, -0.2) is 25.9 Å². The minimum absolute atomic E-state index is 0.121. The van der Waals surface area contributed by atoms with Crippen molar-refractivity contribution in [2.45, 2.75) is 20.0 Å². The summed E-state index contributed by atoms with van der Waals surface area (Å²) in [6.07, 6.45) is 0.632. The number of halogens is 1. The molecule has 0 atom stereocenters. The summed E-state index contributed by atoms with van der Waals surface area (Å²) in [6, 6.07) is 8.17. The van der Waals surface area contributed by atoms with Gasteiger partial charge in [0.05, 0.1) is 11.3 Å². The van der Waals surface area contributed by atoms with E-state index in [9.17, 15) is 14.3 Å². The monoisotopic (exact) mass is 348 g/mol. The molecule has 5 N–H and O–H groups in total. The Kier molecular flexibility index (Phi) is 5.79. The average molecular weight is 348 g/mol. The minimum Gasteiger partial charge on any atom is -0.508 e. The van der Waals surface area contributed by atoms with Crippen molar-refractivity contribution < 1.29 is 19.0 Å². The van der Waals surface area contributed by atoms with Crippen LogP contribution in [0.3, 0.4) is 0 Å². The van der Waals surface area contributed by atoms with Crippen molar-refractivity contribution in [3.8, 4) is 11.5 Å². The number of carbonyl (C=O) groups is 1. The summed E-state index contributed by atoms with van der Waals surface area (Å²) in [4.78, 5) is 11.9. The van der Waals surface area contributed by atoms with Crippen molar-refractivity contribution in [2.75, 3.05) is 12.1 Å². The molecule has 2 amide bonds. The molecule has 8 heteroatoms. The zero-order valence-electron chi connectivity index (χ0n) is 14.1. The number of amides is 2. The molecule has 0 radical (unpaired) electrons. The molecule has 0 spiro atoms. The van der Waals surface area contributed by atoms with Gasteiger partial charge < -0.3 is 9.84 Å². The first-order valence-corrected chi connectivity index (χ1v) is 7.64. The van der Waals surface area contributed by atoms with E-state index >= 15 is 0 Å². The number of phenols is 1. The molecule has 0 unspecified atom stereocenters. The Morgan fingerprint density at radius 2 is 2.00 bits per heavy atom. The van der Waals surface area contributed by atoms with Gasteiger partial charge in [0.1, 0.15) is 23.9 Å². The number of anilines is 1. The molecule has 0 saturated heterocycles. The lowest BCUT2D eigenvalue weighted by Crippen LogP contribution is -2.49. The topological polar surface area (TPSA) is 105 Å². The predicted octanol–water partition coefficient (Wildman–Crippen LogP) is 2.28. The molecule has 0 fully saturated rings. The Balaban J connectivity index is 2.30. The van der Waals surface area contributed by atoms with Crippen molar-refractivity contribution in [3.63, 3.8) is 0 Å². The Morgan fingerprint density at radius 3 is 2.64 bits per heavy atom. The third-order valence-corrected chi connectivity index (χ3v) is 3.66. The summed E-state index contributed by atoms with van der Waals surface area (Å²) in [5.74, 6) is 11.2. The summed E-state index contributed by atoms with van der Waals surface area (Å²) in [6.45, 7) is 1.77. The average Bonchev–Trinajstić information content (AvgIpc) is 2.59. The highest BCUT2D eigenvalue weighted by atomic mass is 19.1. The van der Waals surface area contributed by atoms with Gasteiger partial charge in [-0.2, -0.15) is 0 Å². The number of phenolic OH excluding ortho intramolecular Hbond substituents is 1. The van der Waals surface area contributed by atoms with Crippen LogP contribution in [-0.2, 0) is 13.0 Å². The number of nitrogens with zero attached hydrogens (tertiary/aromatic N) is 2.